The Morgan fingerprint density at radius 1 is 1.78 bits per heavy atom. The molecule has 1 aliphatic heterocycles. The Labute approximate surface area is 54.4 Å². The monoisotopic (exact) mass is 129 g/mol. The van der Waals surface area contributed by atoms with Crippen LogP contribution in [0, 0.1) is 4.91 Å². The summed E-state index contributed by atoms with van der Waals surface area (Å²) >= 11 is 0. The Kier molecular flexibility index (Phi) is 2.16. The molecule has 0 radical (unpaired) electrons. The second kappa shape index (κ2) is 2.92. The van der Waals surface area contributed by atoms with Gasteiger partial charge in [0.05, 0.1) is 6.10 Å². The van der Waals surface area contributed by atoms with E-state index in [4.69, 9.17) is 4.74 Å². The summed E-state index contributed by atoms with van der Waals surface area (Å²) in [6.45, 7) is 2.71. The number of hydrogen-bond donors (Lipinski definition) is 0. The zero-order valence-electron chi connectivity index (χ0n) is 5.54. The number of nitrogens with zero attached hydrogens (tertiary/aromatic N) is 1. The molecule has 0 amide bonds. The fourth-order valence-electron chi connectivity index (χ4n) is 1.15. The first-order valence-corrected chi connectivity index (χ1v) is 3.32. The van der Waals surface area contributed by atoms with Gasteiger partial charge in [0, 0.05) is 6.61 Å². The van der Waals surface area contributed by atoms with Crippen molar-refractivity contribution in [3.8, 4) is 0 Å². The van der Waals surface area contributed by atoms with Crippen LogP contribution in [0.15, 0.2) is 5.18 Å². The van der Waals surface area contributed by atoms with Gasteiger partial charge in [-0.05, 0) is 12.8 Å². The van der Waals surface area contributed by atoms with Crippen LogP contribution in [0.3, 0.4) is 0 Å². The number of hydrogen-bond acceptors (Lipinski definition) is 3. The van der Waals surface area contributed by atoms with Crippen LogP contribution in [-0.4, -0.2) is 18.8 Å². The van der Waals surface area contributed by atoms with Crippen LogP contribution in [0.2, 0.25) is 0 Å². The molecule has 1 heterocycles. The summed E-state index contributed by atoms with van der Waals surface area (Å²) < 4.78 is 5.21. The summed E-state index contributed by atoms with van der Waals surface area (Å²) in [7, 11) is 0. The number of rotatable bonds is 2. The highest BCUT2D eigenvalue weighted by molar-refractivity contribution is 4.80. The molecular weight excluding hydrogens is 118 g/mol. The quantitative estimate of drug-likeness (QED) is 0.527. The smallest absolute Gasteiger partial charge is 0.120 e. The van der Waals surface area contributed by atoms with Gasteiger partial charge in [-0.1, -0.05) is 12.1 Å². The third kappa shape index (κ3) is 1.27. The molecule has 0 N–H and O–H groups in total. The molecule has 0 aromatic heterocycles. The maximum atomic E-state index is 10.0. The van der Waals surface area contributed by atoms with Gasteiger partial charge in [-0.25, -0.2) is 0 Å². The first-order valence-electron chi connectivity index (χ1n) is 3.32. The fourth-order valence-corrected chi connectivity index (χ4v) is 1.15. The van der Waals surface area contributed by atoms with Gasteiger partial charge >= 0.3 is 0 Å². The summed E-state index contributed by atoms with van der Waals surface area (Å²) in [5, 5.41) is 2.96. The summed E-state index contributed by atoms with van der Waals surface area (Å²) in [6.07, 6.45) is 1.81. The maximum Gasteiger partial charge on any atom is 0.120 e. The van der Waals surface area contributed by atoms with Gasteiger partial charge in [-0.2, -0.15) is 4.91 Å². The molecular formula is C6H11NO2. The van der Waals surface area contributed by atoms with E-state index < -0.39 is 0 Å². The van der Waals surface area contributed by atoms with Crippen molar-refractivity contribution in [2.45, 2.75) is 31.9 Å². The third-order valence-corrected chi connectivity index (χ3v) is 1.71. The largest absolute Gasteiger partial charge is 0.376 e. The van der Waals surface area contributed by atoms with Crippen LogP contribution in [-0.2, 0) is 4.74 Å². The van der Waals surface area contributed by atoms with Gasteiger partial charge in [0.1, 0.15) is 6.04 Å². The molecule has 0 spiro atoms. The summed E-state index contributed by atoms with van der Waals surface area (Å²) in [6, 6.07) is -0.0741. The lowest BCUT2D eigenvalue weighted by Gasteiger charge is -2.07. The molecule has 52 valence electrons. The van der Waals surface area contributed by atoms with Crippen LogP contribution in [0.4, 0.5) is 0 Å². The zero-order chi connectivity index (χ0) is 6.69. The summed E-state index contributed by atoms with van der Waals surface area (Å²) in [4.78, 5) is 10.0. The predicted octanol–water partition coefficient (Wildman–Crippen LogP) is 1.32. The minimum Gasteiger partial charge on any atom is -0.376 e. The number of ether oxygens (including phenoxy) is 1. The van der Waals surface area contributed by atoms with Gasteiger partial charge < -0.3 is 4.74 Å². The SMILES string of the molecule is CCC1OCCC1N=O. The molecule has 1 fully saturated rings. The highest BCUT2D eigenvalue weighted by atomic mass is 16.5. The van der Waals surface area contributed by atoms with Crippen molar-refractivity contribution in [3.63, 3.8) is 0 Å². The van der Waals surface area contributed by atoms with Crippen molar-refractivity contribution in [3.05, 3.63) is 4.91 Å². The average Bonchev–Trinajstić information content (AvgIpc) is 2.33. The Bertz CT molecular complexity index is 105. The highest BCUT2D eigenvalue weighted by Crippen LogP contribution is 2.18. The molecule has 0 aliphatic carbocycles. The van der Waals surface area contributed by atoms with Gasteiger partial charge in [0.15, 0.2) is 0 Å². The van der Waals surface area contributed by atoms with Crippen molar-refractivity contribution in [2.24, 2.45) is 5.18 Å². The summed E-state index contributed by atoms with van der Waals surface area (Å²) in [5.41, 5.74) is 0. The molecule has 3 nitrogen and oxygen atoms in total. The molecule has 0 bridgehead atoms. The first kappa shape index (κ1) is 6.68. The Morgan fingerprint density at radius 2 is 2.56 bits per heavy atom. The molecule has 1 rings (SSSR count). The van der Waals surface area contributed by atoms with Gasteiger partial charge in [0.25, 0.3) is 0 Å². The second-order valence-corrected chi connectivity index (χ2v) is 2.28. The van der Waals surface area contributed by atoms with E-state index in [2.05, 4.69) is 5.18 Å². The molecule has 0 aromatic rings. The van der Waals surface area contributed by atoms with E-state index in [-0.39, 0.29) is 12.1 Å². The highest BCUT2D eigenvalue weighted by Gasteiger charge is 2.26. The Morgan fingerprint density at radius 3 is 3.00 bits per heavy atom. The third-order valence-electron chi connectivity index (χ3n) is 1.71. The van der Waals surface area contributed by atoms with Crippen molar-refractivity contribution in [1.29, 1.82) is 0 Å². The minimum atomic E-state index is -0.0741. The molecule has 1 aliphatic rings. The molecule has 2 unspecified atom stereocenters. The van der Waals surface area contributed by atoms with Crippen LogP contribution in [0.1, 0.15) is 19.8 Å². The van der Waals surface area contributed by atoms with Crippen molar-refractivity contribution in [2.75, 3.05) is 6.61 Å². The van der Waals surface area contributed by atoms with Crippen LogP contribution in [0.5, 0.6) is 0 Å². The van der Waals surface area contributed by atoms with E-state index in [1.165, 1.54) is 0 Å². The van der Waals surface area contributed by atoms with Crippen LogP contribution in [0.25, 0.3) is 0 Å². The van der Waals surface area contributed by atoms with Crippen molar-refractivity contribution < 1.29 is 4.74 Å². The van der Waals surface area contributed by atoms with E-state index in [0.29, 0.717) is 6.61 Å². The lowest BCUT2D eigenvalue weighted by Crippen LogP contribution is -2.16. The van der Waals surface area contributed by atoms with E-state index in [1.807, 2.05) is 6.92 Å². The zero-order valence-corrected chi connectivity index (χ0v) is 5.54. The van der Waals surface area contributed by atoms with Gasteiger partial charge in [0.2, 0.25) is 0 Å². The molecule has 2 atom stereocenters. The standard InChI is InChI=1S/C6H11NO2/c1-2-6-5(7-8)3-4-9-6/h5-6H,2-4H2,1H3. The van der Waals surface area contributed by atoms with E-state index in [9.17, 15) is 4.91 Å². The van der Waals surface area contributed by atoms with E-state index in [1.54, 1.807) is 0 Å². The van der Waals surface area contributed by atoms with Crippen LogP contribution < -0.4 is 0 Å². The lowest BCUT2D eigenvalue weighted by atomic mass is 10.1. The van der Waals surface area contributed by atoms with E-state index >= 15 is 0 Å². The van der Waals surface area contributed by atoms with Gasteiger partial charge in [-0.3, -0.25) is 0 Å². The molecule has 3 heteroatoms. The maximum absolute atomic E-state index is 10.0. The van der Waals surface area contributed by atoms with Crippen molar-refractivity contribution >= 4 is 0 Å². The molecule has 0 saturated carbocycles. The van der Waals surface area contributed by atoms with Crippen LogP contribution >= 0.6 is 0 Å². The first-order chi connectivity index (χ1) is 4.38. The fraction of sp³-hybridized carbons (Fsp3) is 1.00. The molecule has 1 saturated heterocycles. The molecule has 0 aromatic carbocycles. The second-order valence-electron chi connectivity index (χ2n) is 2.28. The molecule has 9 heavy (non-hydrogen) atoms. The van der Waals surface area contributed by atoms with Crippen molar-refractivity contribution in [1.82, 2.24) is 0 Å². The Balaban J connectivity index is 2.41. The normalized spacial score (nSPS) is 34.8. The Hall–Kier alpha value is -0.440. The number of nitroso groups, excluding NO2 is 1. The predicted molar refractivity (Wildman–Crippen MR) is 34.2 cm³/mol. The van der Waals surface area contributed by atoms with Gasteiger partial charge in [-0.15, -0.1) is 0 Å². The lowest BCUT2D eigenvalue weighted by molar-refractivity contribution is 0.101. The van der Waals surface area contributed by atoms with E-state index in [0.717, 1.165) is 12.8 Å². The summed E-state index contributed by atoms with van der Waals surface area (Å²) in [5.74, 6) is 0. The topological polar surface area (TPSA) is 38.7 Å². The average molecular weight is 129 g/mol. The minimum absolute atomic E-state index is 0.0741.